The molecule has 0 aliphatic carbocycles. The predicted molar refractivity (Wildman–Crippen MR) is 94.8 cm³/mol. The maximum atomic E-state index is 13.5. The van der Waals surface area contributed by atoms with E-state index in [1.54, 1.807) is 12.1 Å². The van der Waals surface area contributed by atoms with Gasteiger partial charge in [0.25, 0.3) is 0 Å². The number of carbonyl (C=O) groups excluding carboxylic acids is 1. The van der Waals surface area contributed by atoms with Gasteiger partial charge in [-0.15, -0.1) is 0 Å². The molecule has 5 heteroatoms. The van der Waals surface area contributed by atoms with E-state index in [0.717, 1.165) is 17.7 Å². The van der Waals surface area contributed by atoms with E-state index in [1.165, 1.54) is 18.7 Å². The van der Waals surface area contributed by atoms with Gasteiger partial charge in [-0.1, -0.05) is 35.9 Å². The van der Waals surface area contributed by atoms with Crippen LogP contribution in [-0.4, -0.2) is 42.5 Å². The van der Waals surface area contributed by atoms with Gasteiger partial charge in [-0.3, -0.25) is 9.69 Å². The Morgan fingerprint density at radius 2 is 1.76 bits per heavy atom. The van der Waals surface area contributed by atoms with Crippen molar-refractivity contribution in [2.24, 2.45) is 0 Å². The number of piperazine rings is 1. The number of ether oxygens (including phenoxy) is 1. The number of halogens is 1. The molecule has 1 aliphatic rings. The summed E-state index contributed by atoms with van der Waals surface area (Å²) in [5.74, 6) is -0.00650. The SMILES string of the molecule is COc1cc(CN2CCN(Cc3ccc(C)cc3)C(=O)C2)ccc1F. The third-order valence-corrected chi connectivity index (χ3v) is 4.51. The van der Waals surface area contributed by atoms with Crippen LogP contribution in [0, 0.1) is 12.7 Å². The number of methoxy groups -OCH3 is 1. The minimum atomic E-state index is -0.370. The fraction of sp³-hybridized carbons (Fsp3) is 0.350. The van der Waals surface area contributed by atoms with Gasteiger partial charge in [-0.05, 0) is 30.2 Å². The lowest BCUT2D eigenvalue weighted by molar-refractivity contribution is -0.136. The molecule has 2 aromatic rings. The molecule has 0 atom stereocenters. The highest BCUT2D eigenvalue weighted by molar-refractivity contribution is 5.79. The molecule has 0 N–H and O–H groups in total. The predicted octanol–water partition coefficient (Wildman–Crippen LogP) is 2.99. The summed E-state index contributed by atoms with van der Waals surface area (Å²) in [4.78, 5) is 16.4. The van der Waals surface area contributed by atoms with Crippen molar-refractivity contribution >= 4 is 5.91 Å². The molecule has 0 radical (unpaired) electrons. The number of carbonyl (C=O) groups is 1. The summed E-state index contributed by atoms with van der Waals surface area (Å²) < 4.78 is 18.5. The van der Waals surface area contributed by atoms with Crippen molar-refractivity contribution in [3.8, 4) is 5.75 Å². The highest BCUT2D eigenvalue weighted by Gasteiger charge is 2.24. The highest BCUT2D eigenvalue weighted by Crippen LogP contribution is 2.20. The second-order valence-corrected chi connectivity index (χ2v) is 6.48. The smallest absolute Gasteiger partial charge is 0.237 e. The molecule has 1 amide bonds. The van der Waals surface area contributed by atoms with Crippen LogP contribution in [-0.2, 0) is 17.9 Å². The van der Waals surface area contributed by atoms with Crippen molar-refractivity contribution in [3.63, 3.8) is 0 Å². The Balaban J connectivity index is 1.58. The summed E-state index contributed by atoms with van der Waals surface area (Å²) in [6, 6.07) is 13.1. The molecule has 1 aliphatic heterocycles. The molecule has 25 heavy (non-hydrogen) atoms. The average Bonchev–Trinajstić information content (AvgIpc) is 2.61. The lowest BCUT2D eigenvalue weighted by Gasteiger charge is -2.34. The molecule has 4 nitrogen and oxygen atoms in total. The third-order valence-electron chi connectivity index (χ3n) is 4.51. The van der Waals surface area contributed by atoms with Gasteiger partial charge in [0.15, 0.2) is 11.6 Å². The number of benzene rings is 2. The van der Waals surface area contributed by atoms with Crippen molar-refractivity contribution in [3.05, 3.63) is 65.0 Å². The average molecular weight is 342 g/mol. The Kier molecular flexibility index (Phi) is 5.34. The van der Waals surface area contributed by atoms with E-state index in [1.807, 2.05) is 4.90 Å². The topological polar surface area (TPSA) is 32.8 Å². The van der Waals surface area contributed by atoms with Crippen molar-refractivity contribution in [1.29, 1.82) is 0 Å². The molecule has 0 unspecified atom stereocenters. The quantitative estimate of drug-likeness (QED) is 0.837. The fourth-order valence-corrected chi connectivity index (χ4v) is 3.03. The zero-order valence-electron chi connectivity index (χ0n) is 14.7. The number of rotatable bonds is 5. The van der Waals surface area contributed by atoms with Crippen LogP contribution in [0.25, 0.3) is 0 Å². The van der Waals surface area contributed by atoms with E-state index in [4.69, 9.17) is 4.74 Å². The molecule has 0 saturated carbocycles. The molecule has 132 valence electrons. The van der Waals surface area contributed by atoms with Crippen LogP contribution in [0.1, 0.15) is 16.7 Å². The molecule has 0 spiro atoms. The van der Waals surface area contributed by atoms with Gasteiger partial charge in [0.2, 0.25) is 5.91 Å². The first-order valence-electron chi connectivity index (χ1n) is 8.43. The van der Waals surface area contributed by atoms with E-state index < -0.39 is 0 Å². The standard InChI is InChI=1S/C20H23FN2O2/c1-15-3-5-16(6-4-15)13-23-10-9-22(14-20(23)24)12-17-7-8-18(21)19(11-17)25-2/h3-8,11H,9-10,12-14H2,1-2H3. The lowest BCUT2D eigenvalue weighted by atomic mass is 10.1. The van der Waals surface area contributed by atoms with Crippen LogP contribution in [0.15, 0.2) is 42.5 Å². The van der Waals surface area contributed by atoms with E-state index in [0.29, 0.717) is 26.2 Å². The monoisotopic (exact) mass is 342 g/mol. The number of amides is 1. The molecule has 0 bridgehead atoms. The van der Waals surface area contributed by atoms with E-state index in [9.17, 15) is 9.18 Å². The maximum absolute atomic E-state index is 13.5. The minimum absolute atomic E-state index is 0.126. The Morgan fingerprint density at radius 3 is 2.44 bits per heavy atom. The van der Waals surface area contributed by atoms with Crippen molar-refractivity contribution in [2.75, 3.05) is 26.7 Å². The van der Waals surface area contributed by atoms with Gasteiger partial charge in [-0.2, -0.15) is 0 Å². The molecular weight excluding hydrogens is 319 g/mol. The van der Waals surface area contributed by atoms with E-state index in [2.05, 4.69) is 36.1 Å². The number of hydrogen-bond donors (Lipinski definition) is 0. The summed E-state index contributed by atoms with van der Waals surface area (Å²) in [6.07, 6.45) is 0. The van der Waals surface area contributed by atoms with Gasteiger partial charge >= 0.3 is 0 Å². The maximum Gasteiger partial charge on any atom is 0.237 e. The third kappa shape index (κ3) is 4.37. The molecule has 1 fully saturated rings. The first-order valence-corrected chi connectivity index (χ1v) is 8.43. The summed E-state index contributed by atoms with van der Waals surface area (Å²) >= 11 is 0. The Hall–Kier alpha value is -2.40. The second kappa shape index (κ2) is 7.66. The molecule has 2 aromatic carbocycles. The van der Waals surface area contributed by atoms with Gasteiger partial charge in [0.05, 0.1) is 13.7 Å². The number of nitrogens with zero attached hydrogens (tertiary/aromatic N) is 2. The minimum Gasteiger partial charge on any atom is -0.494 e. The molecule has 3 rings (SSSR count). The summed E-state index contributed by atoms with van der Waals surface area (Å²) in [6.45, 7) is 5.20. The van der Waals surface area contributed by atoms with E-state index in [-0.39, 0.29) is 17.5 Å². The molecular formula is C20H23FN2O2. The van der Waals surface area contributed by atoms with E-state index >= 15 is 0 Å². The Bertz CT molecular complexity index is 746. The number of aryl methyl sites for hydroxylation is 1. The van der Waals surface area contributed by atoms with Gasteiger partial charge in [0, 0.05) is 26.2 Å². The lowest BCUT2D eigenvalue weighted by Crippen LogP contribution is -2.49. The zero-order chi connectivity index (χ0) is 17.8. The molecule has 1 heterocycles. The zero-order valence-corrected chi connectivity index (χ0v) is 14.7. The Labute approximate surface area is 147 Å². The normalized spacial score (nSPS) is 15.5. The van der Waals surface area contributed by atoms with Crippen LogP contribution in [0.3, 0.4) is 0 Å². The molecule has 1 saturated heterocycles. The van der Waals surface area contributed by atoms with Crippen molar-refractivity contribution < 1.29 is 13.9 Å². The largest absolute Gasteiger partial charge is 0.494 e. The summed E-state index contributed by atoms with van der Waals surface area (Å²) in [5, 5.41) is 0. The first-order chi connectivity index (χ1) is 12.0. The second-order valence-electron chi connectivity index (χ2n) is 6.48. The van der Waals surface area contributed by atoms with Crippen LogP contribution in [0.5, 0.6) is 5.75 Å². The summed E-state index contributed by atoms with van der Waals surface area (Å²) in [7, 11) is 1.45. The first kappa shape index (κ1) is 17.4. The van der Waals surface area contributed by atoms with Crippen molar-refractivity contribution in [2.45, 2.75) is 20.0 Å². The fourth-order valence-electron chi connectivity index (χ4n) is 3.03. The van der Waals surface area contributed by atoms with Gasteiger partial charge in [0.1, 0.15) is 0 Å². The van der Waals surface area contributed by atoms with Crippen LogP contribution >= 0.6 is 0 Å². The Morgan fingerprint density at radius 1 is 1.04 bits per heavy atom. The van der Waals surface area contributed by atoms with Gasteiger partial charge < -0.3 is 9.64 Å². The molecule has 0 aromatic heterocycles. The van der Waals surface area contributed by atoms with Gasteiger partial charge in [-0.25, -0.2) is 4.39 Å². The van der Waals surface area contributed by atoms with Crippen LogP contribution in [0.2, 0.25) is 0 Å². The van der Waals surface area contributed by atoms with Crippen LogP contribution < -0.4 is 4.74 Å². The van der Waals surface area contributed by atoms with Crippen LogP contribution in [0.4, 0.5) is 4.39 Å². The number of hydrogen-bond acceptors (Lipinski definition) is 3. The summed E-state index contributed by atoms with van der Waals surface area (Å²) in [5.41, 5.74) is 3.31. The highest BCUT2D eigenvalue weighted by atomic mass is 19.1. The van der Waals surface area contributed by atoms with Crippen molar-refractivity contribution in [1.82, 2.24) is 9.80 Å².